The van der Waals surface area contributed by atoms with E-state index in [0.29, 0.717) is 25.7 Å². The first-order chi connectivity index (χ1) is 12.5. The van der Waals surface area contributed by atoms with Gasteiger partial charge >= 0.3 is 5.97 Å². The molecule has 26 heavy (non-hydrogen) atoms. The molecule has 6 atom stereocenters. The van der Waals surface area contributed by atoms with E-state index < -0.39 is 18.3 Å². The minimum Gasteiger partial charge on any atom is -0.462 e. The monoisotopic (exact) mass is 372 g/mol. The lowest BCUT2D eigenvalue weighted by Crippen LogP contribution is -2.44. The van der Waals surface area contributed by atoms with Crippen LogP contribution in [0.2, 0.25) is 0 Å². The first-order valence-corrected chi connectivity index (χ1v) is 10.3. The summed E-state index contributed by atoms with van der Waals surface area (Å²) >= 11 is 0. The summed E-state index contributed by atoms with van der Waals surface area (Å²) in [4.78, 5) is 11.4. The smallest absolute Gasteiger partial charge is 0.308 e. The second-order valence-corrected chi connectivity index (χ2v) is 8.04. The van der Waals surface area contributed by atoms with Crippen molar-refractivity contribution in [2.24, 2.45) is 0 Å². The van der Waals surface area contributed by atoms with Crippen LogP contribution in [0.15, 0.2) is 0 Å². The fourth-order valence-corrected chi connectivity index (χ4v) is 4.09. The van der Waals surface area contributed by atoms with Crippen molar-refractivity contribution in [3.05, 3.63) is 0 Å². The Morgan fingerprint density at radius 2 is 1.69 bits per heavy atom. The van der Waals surface area contributed by atoms with E-state index in [1.54, 1.807) is 0 Å². The van der Waals surface area contributed by atoms with Gasteiger partial charge in [-0.3, -0.25) is 4.79 Å². The fraction of sp³-hybridized carbons (Fsp3) is 0.950. The van der Waals surface area contributed by atoms with Crippen LogP contribution in [0.25, 0.3) is 0 Å². The highest BCUT2D eigenvalue weighted by atomic mass is 16.6. The molecule has 0 aromatic heterocycles. The lowest BCUT2D eigenvalue weighted by molar-refractivity contribution is -0.186. The maximum absolute atomic E-state index is 11.4. The van der Waals surface area contributed by atoms with Crippen LogP contribution in [0.3, 0.4) is 0 Å². The molecule has 2 fully saturated rings. The van der Waals surface area contributed by atoms with Crippen molar-refractivity contribution in [2.75, 3.05) is 0 Å². The zero-order chi connectivity index (χ0) is 18.9. The van der Waals surface area contributed by atoms with E-state index in [2.05, 4.69) is 6.92 Å². The first-order valence-electron chi connectivity index (χ1n) is 10.3. The van der Waals surface area contributed by atoms with Gasteiger partial charge in [-0.05, 0) is 25.7 Å². The standard InChI is InChI=1S/C20H36O6/c1-2-3-4-5-6-7-14(21)8-15(22)9-16(23)10-17-11-18-12-19(25-17)13-20(24)26-18/h14-19,21-23H,2-13H2,1H3. The Bertz CT molecular complexity index is 399. The molecule has 6 heteroatoms. The van der Waals surface area contributed by atoms with Gasteiger partial charge < -0.3 is 24.8 Å². The third kappa shape index (κ3) is 7.91. The van der Waals surface area contributed by atoms with E-state index >= 15 is 0 Å². The maximum atomic E-state index is 11.4. The summed E-state index contributed by atoms with van der Waals surface area (Å²) in [6, 6.07) is 0. The van der Waals surface area contributed by atoms with Crippen molar-refractivity contribution in [3.63, 3.8) is 0 Å². The van der Waals surface area contributed by atoms with E-state index in [-0.39, 0.29) is 37.1 Å². The summed E-state index contributed by atoms with van der Waals surface area (Å²) in [5, 5.41) is 30.4. The highest BCUT2D eigenvalue weighted by Gasteiger charge is 2.38. The predicted octanol–water partition coefficient (Wildman–Crippen LogP) is 2.46. The number of aliphatic hydroxyl groups is 3. The molecule has 3 N–H and O–H groups in total. The topological polar surface area (TPSA) is 96.2 Å². The number of aliphatic hydroxyl groups excluding tert-OH is 3. The molecule has 2 aliphatic rings. The second-order valence-electron chi connectivity index (χ2n) is 8.04. The first kappa shape index (κ1) is 21.6. The molecule has 0 aromatic carbocycles. The number of ether oxygens (including phenoxy) is 2. The van der Waals surface area contributed by atoms with E-state index in [4.69, 9.17) is 9.47 Å². The van der Waals surface area contributed by atoms with E-state index in [1.807, 2.05) is 0 Å². The minimum absolute atomic E-state index is 0.105. The molecule has 2 saturated heterocycles. The van der Waals surface area contributed by atoms with Crippen molar-refractivity contribution in [1.82, 2.24) is 0 Å². The molecule has 0 spiro atoms. The quantitative estimate of drug-likeness (QED) is 0.360. The SMILES string of the molecule is CCCCCCCC(O)CC(O)CC(O)CC1CC2CC(CC(=O)O2)O1. The Hall–Kier alpha value is -0.690. The predicted molar refractivity (Wildman–Crippen MR) is 97.6 cm³/mol. The normalized spacial score (nSPS) is 29.1. The summed E-state index contributed by atoms with van der Waals surface area (Å²) in [6.45, 7) is 2.17. The third-order valence-electron chi connectivity index (χ3n) is 5.39. The van der Waals surface area contributed by atoms with Crippen LogP contribution in [-0.4, -0.2) is 57.9 Å². The minimum atomic E-state index is -0.712. The van der Waals surface area contributed by atoms with Crippen LogP contribution in [0, 0.1) is 0 Å². The van der Waals surface area contributed by atoms with Crippen molar-refractivity contribution in [3.8, 4) is 0 Å². The molecule has 2 bridgehead atoms. The lowest BCUT2D eigenvalue weighted by atomic mass is 9.92. The molecule has 2 heterocycles. The molecule has 152 valence electrons. The highest BCUT2D eigenvalue weighted by Crippen LogP contribution is 2.31. The molecule has 2 rings (SSSR count). The molecular weight excluding hydrogens is 336 g/mol. The van der Waals surface area contributed by atoms with Gasteiger partial charge in [0, 0.05) is 12.8 Å². The van der Waals surface area contributed by atoms with Crippen LogP contribution in [0.4, 0.5) is 0 Å². The number of carbonyl (C=O) groups excluding carboxylic acids is 1. The van der Waals surface area contributed by atoms with Crippen molar-refractivity contribution in [2.45, 2.75) is 121 Å². The van der Waals surface area contributed by atoms with Crippen molar-refractivity contribution in [1.29, 1.82) is 0 Å². The van der Waals surface area contributed by atoms with Gasteiger partial charge in [0.15, 0.2) is 0 Å². The van der Waals surface area contributed by atoms with Crippen molar-refractivity contribution >= 4 is 5.97 Å². The Labute approximate surface area is 156 Å². The summed E-state index contributed by atoms with van der Waals surface area (Å²) in [5.41, 5.74) is 0. The summed E-state index contributed by atoms with van der Waals surface area (Å²) < 4.78 is 11.1. The molecule has 0 saturated carbocycles. The Morgan fingerprint density at radius 3 is 2.42 bits per heavy atom. The molecule has 0 radical (unpaired) electrons. The van der Waals surface area contributed by atoms with Crippen LogP contribution < -0.4 is 0 Å². The summed E-state index contributed by atoms with van der Waals surface area (Å²) in [6.07, 6.45) is 6.79. The zero-order valence-electron chi connectivity index (χ0n) is 16.0. The molecule has 0 amide bonds. The van der Waals surface area contributed by atoms with Crippen LogP contribution in [0.1, 0.15) is 84.0 Å². The van der Waals surface area contributed by atoms with Crippen LogP contribution in [0.5, 0.6) is 0 Å². The number of hydrogen-bond donors (Lipinski definition) is 3. The van der Waals surface area contributed by atoms with Gasteiger partial charge in [0.2, 0.25) is 0 Å². The van der Waals surface area contributed by atoms with Gasteiger partial charge in [-0.2, -0.15) is 0 Å². The van der Waals surface area contributed by atoms with E-state index in [9.17, 15) is 20.1 Å². The molecule has 6 nitrogen and oxygen atoms in total. The van der Waals surface area contributed by atoms with Gasteiger partial charge in [-0.15, -0.1) is 0 Å². The molecular formula is C20H36O6. The number of esters is 1. The van der Waals surface area contributed by atoms with Gasteiger partial charge in [0.05, 0.1) is 36.9 Å². The summed E-state index contributed by atoms with van der Waals surface area (Å²) in [5.74, 6) is -0.204. The molecule has 2 aliphatic heterocycles. The van der Waals surface area contributed by atoms with E-state index in [1.165, 1.54) is 19.3 Å². The second kappa shape index (κ2) is 11.2. The number of carbonyl (C=O) groups is 1. The average molecular weight is 373 g/mol. The third-order valence-corrected chi connectivity index (χ3v) is 5.39. The average Bonchev–Trinajstić information content (AvgIpc) is 2.53. The number of fused-ring (bicyclic) bond motifs is 2. The molecule has 0 aliphatic carbocycles. The summed E-state index contributed by atoms with van der Waals surface area (Å²) in [7, 11) is 0. The zero-order valence-corrected chi connectivity index (χ0v) is 16.0. The molecule has 0 aromatic rings. The van der Waals surface area contributed by atoms with Gasteiger partial charge in [0.1, 0.15) is 6.10 Å². The fourth-order valence-electron chi connectivity index (χ4n) is 4.09. The van der Waals surface area contributed by atoms with Crippen LogP contribution >= 0.6 is 0 Å². The molecule has 6 unspecified atom stereocenters. The van der Waals surface area contributed by atoms with Gasteiger partial charge in [0.25, 0.3) is 0 Å². The van der Waals surface area contributed by atoms with Crippen molar-refractivity contribution < 1.29 is 29.6 Å². The highest BCUT2D eigenvalue weighted by molar-refractivity contribution is 5.71. The van der Waals surface area contributed by atoms with Crippen LogP contribution in [-0.2, 0) is 14.3 Å². The van der Waals surface area contributed by atoms with E-state index in [0.717, 1.165) is 19.3 Å². The number of hydrogen-bond acceptors (Lipinski definition) is 6. The Kier molecular flexibility index (Phi) is 9.33. The van der Waals surface area contributed by atoms with Gasteiger partial charge in [-0.1, -0.05) is 39.0 Å². The Balaban J connectivity index is 1.59. The largest absolute Gasteiger partial charge is 0.462 e. The Morgan fingerprint density at radius 1 is 0.962 bits per heavy atom. The maximum Gasteiger partial charge on any atom is 0.308 e. The van der Waals surface area contributed by atoms with Gasteiger partial charge in [-0.25, -0.2) is 0 Å². The lowest BCUT2D eigenvalue weighted by Gasteiger charge is -2.39. The number of unbranched alkanes of at least 4 members (excludes halogenated alkanes) is 4. The number of rotatable bonds is 12.